The second kappa shape index (κ2) is 9.00. The molecule has 0 aromatic heterocycles. The first-order valence-corrected chi connectivity index (χ1v) is 9.34. The summed E-state index contributed by atoms with van der Waals surface area (Å²) in [5, 5.41) is 11.4. The van der Waals surface area contributed by atoms with Crippen molar-refractivity contribution in [3.8, 4) is 0 Å². The molecule has 23 heavy (non-hydrogen) atoms. The fourth-order valence-corrected chi connectivity index (χ4v) is 3.56. The number of aliphatic carboxylic acids is 1. The number of urea groups is 1. The molecule has 0 aromatic carbocycles. The molecule has 0 atom stereocenters. The SMILES string of the molecule is O=C(O)CSCCNC(=O)C1CCN(C(=O)N2CCCC2)CC1. The zero-order valence-corrected chi connectivity index (χ0v) is 14.1. The van der Waals surface area contributed by atoms with Gasteiger partial charge in [-0.05, 0) is 25.7 Å². The first kappa shape index (κ1) is 17.9. The monoisotopic (exact) mass is 343 g/mol. The lowest BCUT2D eigenvalue weighted by molar-refractivity contribution is -0.134. The van der Waals surface area contributed by atoms with Gasteiger partial charge in [-0.15, -0.1) is 11.8 Å². The van der Waals surface area contributed by atoms with E-state index >= 15 is 0 Å². The average Bonchev–Trinajstić information content (AvgIpc) is 3.08. The van der Waals surface area contributed by atoms with Crippen LogP contribution in [0, 0.1) is 5.92 Å². The van der Waals surface area contributed by atoms with Crippen molar-refractivity contribution >= 4 is 29.7 Å². The minimum absolute atomic E-state index is 0.0224. The van der Waals surface area contributed by atoms with Crippen molar-refractivity contribution in [2.75, 3.05) is 44.2 Å². The second-order valence-corrected chi connectivity index (χ2v) is 7.08. The number of hydrogen-bond acceptors (Lipinski definition) is 4. The molecule has 2 rings (SSSR count). The quantitative estimate of drug-likeness (QED) is 0.698. The van der Waals surface area contributed by atoms with E-state index in [1.807, 2.05) is 9.80 Å². The summed E-state index contributed by atoms with van der Waals surface area (Å²) in [6.45, 7) is 3.48. The summed E-state index contributed by atoms with van der Waals surface area (Å²) >= 11 is 1.30. The Labute approximate surface area is 140 Å². The third-order valence-electron chi connectivity index (χ3n) is 4.28. The fraction of sp³-hybridized carbons (Fsp3) is 0.800. The Bertz CT molecular complexity index is 432. The van der Waals surface area contributed by atoms with E-state index in [0.29, 0.717) is 38.2 Å². The van der Waals surface area contributed by atoms with Crippen LogP contribution in [0.4, 0.5) is 4.79 Å². The molecule has 0 radical (unpaired) electrons. The van der Waals surface area contributed by atoms with E-state index in [-0.39, 0.29) is 23.6 Å². The number of carboxylic acids is 1. The van der Waals surface area contributed by atoms with Gasteiger partial charge in [-0.1, -0.05) is 0 Å². The zero-order valence-electron chi connectivity index (χ0n) is 13.3. The standard InChI is InChI=1S/C15H25N3O4S/c19-13(20)11-23-10-5-16-14(21)12-3-8-18(9-4-12)15(22)17-6-1-2-7-17/h12H,1-11H2,(H,16,21)(H,19,20). The number of carboxylic acid groups (broad SMARTS) is 1. The van der Waals surface area contributed by atoms with Crippen LogP contribution in [0.1, 0.15) is 25.7 Å². The predicted molar refractivity (Wildman–Crippen MR) is 88.5 cm³/mol. The van der Waals surface area contributed by atoms with Gasteiger partial charge in [0.15, 0.2) is 0 Å². The van der Waals surface area contributed by atoms with Gasteiger partial charge in [0.05, 0.1) is 5.75 Å². The molecule has 0 unspecified atom stereocenters. The average molecular weight is 343 g/mol. The molecule has 2 saturated heterocycles. The molecule has 0 aliphatic carbocycles. The number of rotatable bonds is 6. The fourth-order valence-electron chi connectivity index (χ4n) is 2.99. The highest BCUT2D eigenvalue weighted by Crippen LogP contribution is 2.20. The van der Waals surface area contributed by atoms with Crippen LogP contribution in [-0.4, -0.2) is 77.0 Å². The Morgan fingerprint density at radius 2 is 1.65 bits per heavy atom. The minimum Gasteiger partial charge on any atom is -0.481 e. The van der Waals surface area contributed by atoms with Gasteiger partial charge in [-0.3, -0.25) is 9.59 Å². The third kappa shape index (κ3) is 5.60. The number of nitrogens with one attached hydrogen (secondary N) is 1. The molecule has 3 amide bonds. The Balaban J connectivity index is 1.62. The molecule has 0 spiro atoms. The van der Waals surface area contributed by atoms with Gasteiger partial charge in [0.2, 0.25) is 5.91 Å². The molecule has 130 valence electrons. The molecule has 0 bridgehead atoms. The molecule has 0 saturated carbocycles. The van der Waals surface area contributed by atoms with E-state index in [9.17, 15) is 14.4 Å². The third-order valence-corrected chi connectivity index (χ3v) is 5.23. The van der Waals surface area contributed by atoms with E-state index in [4.69, 9.17) is 5.11 Å². The lowest BCUT2D eigenvalue weighted by atomic mass is 9.96. The molecule has 8 heteroatoms. The van der Waals surface area contributed by atoms with Gasteiger partial charge in [0, 0.05) is 44.4 Å². The number of hydrogen-bond donors (Lipinski definition) is 2. The molecule has 2 aliphatic heterocycles. The molecule has 7 nitrogen and oxygen atoms in total. The number of carbonyl (C=O) groups is 3. The molecule has 2 heterocycles. The van der Waals surface area contributed by atoms with Crippen molar-refractivity contribution in [1.29, 1.82) is 0 Å². The number of nitrogens with zero attached hydrogens (tertiary/aromatic N) is 2. The van der Waals surface area contributed by atoms with Crippen molar-refractivity contribution in [2.45, 2.75) is 25.7 Å². The second-order valence-electron chi connectivity index (χ2n) is 5.98. The van der Waals surface area contributed by atoms with Gasteiger partial charge in [0.1, 0.15) is 0 Å². The maximum absolute atomic E-state index is 12.3. The van der Waals surface area contributed by atoms with E-state index in [2.05, 4.69) is 5.32 Å². The van der Waals surface area contributed by atoms with Crippen LogP contribution in [0.3, 0.4) is 0 Å². The predicted octanol–water partition coefficient (Wildman–Crippen LogP) is 0.848. The normalized spacial score (nSPS) is 19.0. The van der Waals surface area contributed by atoms with Gasteiger partial charge >= 0.3 is 12.0 Å². The first-order chi connectivity index (χ1) is 11.1. The molecule has 2 N–H and O–H groups in total. The lowest BCUT2D eigenvalue weighted by Gasteiger charge is -2.34. The summed E-state index contributed by atoms with van der Waals surface area (Å²) in [6, 6.07) is 0.117. The van der Waals surface area contributed by atoms with E-state index in [0.717, 1.165) is 25.9 Å². The molecular weight excluding hydrogens is 318 g/mol. The summed E-state index contributed by atoms with van der Waals surface area (Å²) in [5.74, 6) is -0.190. The van der Waals surface area contributed by atoms with Gasteiger partial charge in [-0.2, -0.15) is 0 Å². The number of carbonyl (C=O) groups excluding carboxylic acids is 2. The van der Waals surface area contributed by atoms with Gasteiger partial charge < -0.3 is 20.2 Å². The molecule has 2 aliphatic rings. The summed E-state index contributed by atoms with van der Waals surface area (Å²) in [5.41, 5.74) is 0. The molecular formula is C15H25N3O4S. The van der Waals surface area contributed by atoms with Crippen molar-refractivity contribution in [3.63, 3.8) is 0 Å². The summed E-state index contributed by atoms with van der Waals surface area (Å²) in [6.07, 6.45) is 3.58. The van der Waals surface area contributed by atoms with Crippen molar-refractivity contribution in [2.24, 2.45) is 5.92 Å². The summed E-state index contributed by atoms with van der Waals surface area (Å²) in [7, 11) is 0. The van der Waals surface area contributed by atoms with Crippen LogP contribution in [0.15, 0.2) is 0 Å². The minimum atomic E-state index is -0.837. The molecule has 2 fully saturated rings. The van der Waals surface area contributed by atoms with Crippen LogP contribution in [0.2, 0.25) is 0 Å². The Hall–Kier alpha value is -1.44. The Morgan fingerprint density at radius 1 is 1.04 bits per heavy atom. The number of piperidine rings is 1. The maximum Gasteiger partial charge on any atom is 0.319 e. The van der Waals surface area contributed by atoms with E-state index < -0.39 is 5.97 Å². The highest BCUT2D eigenvalue weighted by atomic mass is 32.2. The van der Waals surface area contributed by atoms with Gasteiger partial charge in [0.25, 0.3) is 0 Å². The van der Waals surface area contributed by atoms with E-state index in [1.165, 1.54) is 11.8 Å². The number of likely N-dealkylation sites (tertiary alicyclic amines) is 2. The van der Waals surface area contributed by atoms with Crippen molar-refractivity contribution in [1.82, 2.24) is 15.1 Å². The van der Waals surface area contributed by atoms with Crippen LogP contribution >= 0.6 is 11.8 Å². The highest BCUT2D eigenvalue weighted by Gasteiger charge is 2.30. The topological polar surface area (TPSA) is 90.0 Å². The number of thioether (sulfide) groups is 1. The van der Waals surface area contributed by atoms with Crippen LogP contribution in [-0.2, 0) is 9.59 Å². The Morgan fingerprint density at radius 3 is 2.26 bits per heavy atom. The maximum atomic E-state index is 12.3. The largest absolute Gasteiger partial charge is 0.481 e. The summed E-state index contributed by atoms with van der Waals surface area (Å²) < 4.78 is 0. The first-order valence-electron chi connectivity index (χ1n) is 8.19. The van der Waals surface area contributed by atoms with Crippen LogP contribution in [0.5, 0.6) is 0 Å². The molecule has 0 aromatic rings. The summed E-state index contributed by atoms with van der Waals surface area (Å²) in [4.78, 5) is 38.5. The van der Waals surface area contributed by atoms with Crippen molar-refractivity contribution < 1.29 is 19.5 Å². The number of amides is 3. The van der Waals surface area contributed by atoms with Crippen LogP contribution in [0.25, 0.3) is 0 Å². The van der Waals surface area contributed by atoms with Gasteiger partial charge in [-0.25, -0.2) is 4.79 Å². The van der Waals surface area contributed by atoms with Crippen LogP contribution < -0.4 is 5.32 Å². The zero-order chi connectivity index (χ0) is 16.7. The smallest absolute Gasteiger partial charge is 0.319 e. The highest BCUT2D eigenvalue weighted by molar-refractivity contribution is 7.99. The van der Waals surface area contributed by atoms with E-state index in [1.54, 1.807) is 0 Å². The Kier molecular flexibility index (Phi) is 7.01. The van der Waals surface area contributed by atoms with Crippen molar-refractivity contribution in [3.05, 3.63) is 0 Å². The lowest BCUT2D eigenvalue weighted by Crippen LogP contribution is -2.47.